The van der Waals surface area contributed by atoms with Crippen molar-refractivity contribution >= 4 is 16.9 Å². The van der Waals surface area contributed by atoms with Crippen LogP contribution in [0.4, 0.5) is 4.39 Å². The summed E-state index contributed by atoms with van der Waals surface area (Å²) >= 11 is 0. The Morgan fingerprint density at radius 3 is 2.81 bits per heavy atom. The minimum absolute atomic E-state index is 0.0971. The Morgan fingerprint density at radius 1 is 1.43 bits per heavy atom. The van der Waals surface area contributed by atoms with Crippen LogP contribution in [0.2, 0.25) is 0 Å². The molecule has 1 aliphatic rings. The van der Waals surface area contributed by atoms with E-state index < -0.39 is 11.5 Å². The van der Waals surface area contributed by atoms with Crippen molar-refractivity contribution in [3.63, 3.8) is 0 Å². The molecule has 21 heavy (non-hydrogen) atoms. The number of aromatic amines is 1. The van der Waals surface area contributed by atoms with Crippen molar-refractivity contribution in [1.29, 1.82) is 0 Å². The Bertz CT molecular complexity index is 762. The van der Waals surface area contributed by atoms with Gasteiger partial charge in [0.1, 0.15) is 5.56 Å². The minimum atomic E-state index is -0.691. The number of rotatable bonds is 3. The fraction of sp³-hybridized carbons (Fsp3) is 0.375. The van der Waals surface area contributed by atoms with Crippen LogP contribution in [0.3, 0.4) is 0 Å². The third kappa shape index (κ3) is 2.33. The van der Waals surface area contributed by atoms with Crippen LogP contribution < -0.4 is 5.56 Å². The summed E-state index contributed by atoms with van der Waals surface area (Å²) in [5.41, 5.74) is 0.0940. The van der Waals surface area contributed by atoms with Gasteiger partial charge in [-0.15, -0.1) is 0 Å². The number of benzene rings is 1. The van der Waals surface area contributed by atoms with E-state index in [2.05, 4.69) is 4.98 Å². The van der Waals surface area contributed by atoms with Gasteiger partial charge in [-0.1, -0.05) is 18.6 Å². The predicted octanol–water partition coefficient (Wildman–Crippen LogP) is 3.11. The zero-order valence-corrected chi connectivity index (χ0v) is 11.7. The van der Waals surface area contributed by atoms with Crippen LogP contribution in [0.5, 0.6) is 0 Å². The standard InChI is InChI=1S/C16H16FNO3/c1-2-21-16(20)12-8-10-6-7-11(9-4-3-5-9)13(17)14(10)18-15(12)19/h6-9H,2-5H2,1H3,(H,18,19). The molecule has 0 amide bonds. The van der Waals surface area contributed by atoms with Crippen LogP contribution in [0, 0.1) is 5.82 Å². The predicted molar refractivity (Wildman–Crippen MR) is 77.1 cm³/mol. The first-order chi connectivity index (χ1) is 10.1. The summed E-state index contributed by atoms with van der Waals surface area (Å²) in [6, 6.07) is 4.87. The molecule has 0 spiro atoms. The molecule has 1 aromatic carbocycles. The number of carbonyl (C=O) groups excluding carboxylic acids is 1. The lowest BCUT2D eigenvalue weighted by Crippen LogP contribution is -2.20. The van der Waals surface area contributed by atoms with Gasteiger partial charge in [-0.3, -0.25) is 4.79 Å². The van der Waals surface area contributed by atoms with E-state index >= 15 is 0 Å². The van der Waals surface area contributed by atoms with Gasteiger partial charge in [-0.05, 0) is 37.3 Å². The molecule has 3 rings (SSSR count). The number of carbonyl (C=O) groups is 1. The number of fused-ring (bicyclic) bond motifs is 1. The summed E-state index contributed by atoms with van der Waals surface area (Å²) in [5.74, 6) is -0.837. The molecule has 5 heteroatoms. The highest BCUT2D eigenvalue weighted by Crippen LogP contribution is 2.38. The Kier molecular flexibility index (Phi) is 3.49. The van der Waals surface area contributed by atoms with Crippen molar-refractivity contribution in [2.24, 2.45) is 0 Å². The third-order valence-corrected chi connectivity index (χ3v) is 4.03. The lowest BCUT2D eigenvalue weighted by atomic mass is 9.79. The maximum atomic E-state index is 14.5. The van der Waals surface area contributed by atoms with E-state index in [4.69, 9.17) is 4.74 Å². The molecule has 1 saturated carbocycles. The molecule has 0 radical (unpaired) electrons. The number of hydrogen-bond donors (Lipinski definition) is 1. The molecule has 110 valence electrons. The SMILES string of the molecule is CCOC(=O)c1cc2ccc(C3CCC3)c(F)c2[nH]c1=O. The number of H-pyrrole nitrogens is 1. The molecule has 0 saturated heterocycles. The fourth-order valence-corrected chi connectivity index (χ4v) is 2.65. The monoisotopic (exact) mass is 289 g/mol. The van der Waals surface area contributed by atoms with Gasteiger partial charge >= 0.3 is 5.97 Å². The van der Waals surface area contributed by atoms with Crippen molar-refractivity contribution in [1.82, 2.24) is 4.98 Å². The summed E-state index contributed by atoms with van der Waals surface area (Å²) < 4.78 is 19.3. The van der Waals surface area contributed by atoms with E-state index in [-0.39, 0.29) is 29.4 Å². The highest BCUT2D eigenvalue weighted by molar-refractivity contribution is 5.93. The van der Waals surface area contributed by atoms with Crippen molar-refractivity contribution in [3.8, 4) is 0 Å². The number of halogens is 1. The lowest BCUT2D eigenvalue weighted by molar-refractivity contribution is 0.0524. The summed E-state index contributed by atoms with van der Waals surface area (Å²) in [6.07, 6.45) is 3.07. The van der Waals surface area contributed by atoms with Gasteiger partial charge in [0, 0.05) is 5.39 Å². The first-order valence-corrected chi connectivity index (χ1v) is 7.14. The Hall–Kier alpha value is -2.17. The zero-order chi connectivity index (χ0) is 15.0. The molecule has 4 nitrogen and oxygen atoms in total. The van der Waals surface area contributed by atoms with E-state index in [1.165, 1.54) is 6.07 Å². The number of ether oxygens (including phenoxy) is 1. The fourth-order valence-electron chi connectivity index (χ4n) is 2.65. The van der Waals surface area contributed by atoms with Gasteiger partial charge in [0.15, 0.2) is 5.82 Å². The van der Waals surface area contributed by atoms with Gasteiger partial charge < -0.3 is 9.72 Å². The second-order valence-electron chi connectivity index (χ2n) is 5.29. The zero-order valence-electron chi connectivity index (χ0n) is 11.7. The maximum Gasteiger partial charge on any atom is 0.343 e. The van der Waals surface area contributed by atoms with Crippen molar-refractivity contribution < 1.29 is 13.9 Å². The first-order valence-electron chi connectivity index (χ1n) is 7.14. The van der Waals surface area contributed by atoms with Crippen molar-refractivity contribution in [3.05, 3.63) is 45.5 Å². The van der Waals surface area contributed by atoms with E-state index in [9.17, 15) is 14.0 Å². The quantitative estimate of drug-likeness (QED) is 0.883. The number of esters is 1. The van der Waals surface area contributed by atoms with E-state index in [0.717, 1.165) is 19.3 Å². The van der Waals surface area contributed by atoms with Crippen LogP contribution in [0.25, 0.3) is 10.9 Å². The normalized spacial score (nSPS) is 15.0. The van der Waals surface area contributed by atoms with E-state index in [0.29, 0.717) is 10.9 Å². The molecular formula is C16H16FNO3. The Balaban J connectivity index is 2.12. The molecule has 0 aliphatic heterocycles. The van der Waals surface area contributed by atoms with Gasteiger partial charge in [0.25, 0.3) is 5.56 Å². The van der Waals surface area contributed by atoms with E-state index in [1.54, 1.807) is 19.1 Å². The second kappa shape index (κ2) is 5.31. The molecule has 1 N–H and O–H groups in total. The average molecular weight is 289 g/mol. The molecule has 1 heterocycles. The molecule has 1 fully saturated rings. The van der Waals surface area contributed by atoms with Crippen LogP contribution in [0.1, 0.15) is 48.0 Å². The highest BCUT2D eigenvalue weighted by Gasteiger charge is 2.24. The molecule has 0 bridgehead atoms. The van der Waals surface area contributed by atoms with Gasteiger partial charge in [-0.25, -0.2) is 9.18 Å². The van der Waals surface area contributed by atoms with Gasteiger partial charge in [0.05, 0.1) is 12.1 Å². The third-order valence-electron chi connectivity index (χ3n) is 4.03. The van der Waals surface area contributed by atoms with Crippen LogP contribution in [-0.2, 0) is 4.74 Å². The van der Waals surface area contributed by atoms with E-state index in [1.807, 2.05) is 0 Å². The molecule has 1 aromatic heterocycles. The van der Waals surface area contributed by atoms with Gasteiger partial charge in [-0.2, -0.15) is 0 Å². The Morgan fingerprint density at radius 2 is 2.19 bits per heavy atom. The number of pyridine rings is 1. The van der Waals surface area contributed by atoms with Gasteiger partial charge in [0.2, 0.25) is 0 Å². The molecule has 0 unspecified atom stereocenters. The summed E-state index contributed by atoms with van der Waals surface area (Å²) in [5, 5.41) is 0.498. The lowest BCUT2D eigenvalue weighted by Gasteiger charge is -2.26. The van der Waals surface area contributed by atoms with Crippen LogP contribution >= 0.6 is 0 Å². The topological polar surface area (TPSA) is 59.2 Å². The van der Waals surface area contributed by atoms with Crippen LogP contribution in [-0.4, -0.2) is 17.6 Å². The molecular weight excluding hydrogens is 273 g/mol. The summed E-state index contributed by atoms with van der Waals surface area (Å²) in [7, 11) is 0. The van der Waals surface area contributed by atoms with Crippen molar-refractivity contribution in [2.75, 3.05) is 6.61 Å². The highest BCUT2D eigenvalue weighted by atomic mass is 19.1. The second-order valence-corrected chi connectivity index (χ2v) is 5.29. The molecule has 0 atom stereocenters. The number of nitrogens with one attached hydrogen (secondary N) is 1. The minimum Gasteiger partial charge on any atom is -0.462 e. The number of hydrogen-bond acceptors (Lipinski definition) is 3. The molecule has 2 aromatic rings. The molecule has 1 aliphatic carbocycles. The summed E-state index contributed by atoms with van der Waals surface area (Å²) in [4.78, 5) is 26.1. The number of aromatic nitrogens is 1. The first kappa shape index (κ1) is 13.8. The largest absolute Gasteiger partial charge is 0.462 e. The smallest absolute Gasteiger partial charge is 0.343 e. The maximum absolute atomic E-state index is 14.5. The Labute approximate surface area is 120 Å². The van der Waals surface area contributed by atoms with Crippen molar-refractivity contribution in [2.45, 2.75) is 32.1 Å². The average Bonchev–Trinajstić information content (AvgIpc) is 2.40. The summed E-state index contributed by atoms with van der Waals surface area (Å²) in [6.45, 7) is 1.85. The van der Waals surface area contributed by atoms with Crippen LogP contribution in [0.15, 0.2) is 23.0 Å².